The summed E-state index contributed by atoms with van der Waals surface area (Å²) in [4.78, 5) is 16.8. The van der Waals surface area contributed by atoms with E-state index in [0.717, 1.165) is 16.3 Å². The molecule has 2 aromatic rings. The summed E-state index contributed by atoms with van der Waals surface area (Å²) in [5, 5.41) is 11.3. The van der Waals surface area contributed by atoms with Crippen LogP contribution in [0.25, 0.3) is 0 Å². The average molecular weight is 412 g/mol. The number of allylic oxidation sites excluding steroid dienone is 1. The summed E-state index contributed by atoms with van der Waals surface area (Å²) in [5.74, 6) is 1.06. The Balaban J connectivity index is 1.69. The molecule has 0 N–H and O–H groups in total. The minimum Gasteiger partial charge on any atom is -0.496 e. The first-order valence-corrected chi connectivity index (χ1v) is 10.2. The molecule has 4 rings (SSSR count). The topological polar surface area (TPSA) is 56.6 Å². The van der Waals surface area contributed by atoms with Gasteiger partial charge in [-0.2, -0.15) is 5.26 Å². The fraction of sp³-hybridized carbons (Fsp3) is 0.238. The Labute approximate surface area is 173 Å². The Hall–Kier alpha value is -2.62. The lowest BCUT2D eigenvalue weighted by molar-refractivity contribution is -0.129. The van der Waals surface area contributed by atoms with Gasteiger partial charge in [0.15, 0.2) is 0 Å². The Morgan fingerprint density at radius 1 is 1.25 bits per heavy atom. The number of fused-ring (bicyclic) bond motifs is 1. The van der Waals surface area contributed by atoms with E-state index in [9.17, 15) is 10.1 Å². The number of benzene rings is 2. The van der Waals surface area contributed by atoms with Crippen LogP contribution in [0.1, 0.15) is 17.9 Å². The Kier molecular flexibility index (Phi) is 5.21. The first kappa shape index (κ1) is 18.7. The van der Waals surface area contributed by atoms with Crippen molar-refractivity contribution >= 4 is 35.0 Å². The van der Waals surface area contributed by atoms with E-state index in [1.165, 1.54) is 11.8 Å². The summed E-state index contributed by atoms with van der Waals surface area (Å²) in [6, 6.07) is 17.5. The largest absolute Gasteiger partial charge is 0.496 e. The van der Waals surface area contributed by atoms with Crippen LogP contribution in [0, 0.1) is 11.3 Å². The number of carbonyl (C=O) groups is 1. The van der Waals surface area contributed by atoms with Gasteiger partial charge in [0.05, 0.1) is 36.3 Å². The third kappa shape index (κ3) is 3.32. The predicted octanol–water partition coefficient (Wildman–Crippen LogP) is 4.57. The van der Waals surface area contributed by atoms with Crippen molar-refractivity contribution in [1.82, 2.24) is 4.90 Å². The minimum absolute atomic E-state index is 0.00383. The highest BCUT2D eigenvalue weighted by Gasteiger charge is 2.39. The number of halogens is 1. The minimum atomic E-state index is -0.287. The molecule has 28 heavy (non-hydrogen) atoms. The normalized spacial score (nSPS) is 19.3. The zero-order chi connectivity index (χ0) is 19.7. The molecule has 2 aliphatic heterocycles. The van der Waals surface area contributed by atoms with Crippen molar-refractivity contribution in [2.45, 2.75) is 12.3 Å². The number of methoxy groups -OCH3 is 1. The van der Waals surface area contributed by atoms with Crippen LogP contribution in [0.5, 0.6) is 5.75 Å². The van der Waals surface area contributed by atoms with Gasteiger partial charge in [0.25, 0.3) is 0 Å². The summed E-state index contributed by atoms with van der Waals surface area (Å²) in [5.41, 5.74) is 2.46. The summed E-state index contributed by atoms with van der Waals surface area (Å²) in [6.07, 6.45) is 0.247. The average Bonchev–Trinajstić information content (AvgIpc) is 2.73. The standard InChI is InChI=1S/C21H18ClN3O2S/c1-27-19-8-3-2-7-16(19)17-10-20(26)25-12-24(13-28-21(25)18(17)11-23)15-6-4-5-14(22)9-15/h2-9,17H,10,12-13H2,1H3/t17-/m1/s1. The van der Waals surface area contributed by atoms with Gasteiger partial charge in [-0.25, -0.2) is 0 Å². The number of hydrogen-bond acceptors (Lipinski definition) is 5. The summed E-state index contributed by atoms with van der Waals surface area (Å²) >= 11 is 7.62. The first-order chi connectivity index (χ1) is 13.6. The van der Waals surface area contributed by atoms with E-state index in [1.54, 1.807) is 12.0 Å². The van der Waals surface area contributed by atoms with Crippen molar-refractivity contribution < 1.29 is 9.53 Å². The molecule has 5 nitrogen and oxygen atoms in total. The first-order valence-electron chi connectivity index (χ1n) is 8.83. The molecule has 0 bridgehead atoms. The van der Waals surface area contributed by atoms with Gasteiger partial charge in [-0.15, -0.1) is 0 Å². The van der Waals surface area contributed by atoms with Gasteiger partial charge in [0.2, 0.25) is 5.91 Å². The third-order valence-corrected chi connectivity index (χ3v) is 6.37. The zero-order valence-electron chi connectivity index (χ0n) is 15.3. The number of hydrogen-bond donors (Lipinski definition) is 0. The molecule has 0 radical (unpaired) electrons. The maximum absolute atomic E-state index is 13.0. The predicted molar refractivity (Wildman–Crippen MR) is 111 cm³/mol. The van der Waals surface area contributed by atoms with Gasteiger partial charge >= 0.3 is 0 Å². The van der Waals surface area contributed by atoms with E-state index in [2.05, 4.69) is 11.0 Å². The molecule has 2 aliphatic rings. The molecule has 1 saturated heterocycles. The third-order valence-electron chi connectivity index (χ3n) is 4.98. The number of amides is 1. The molecule has 1 fully saturated rings. The molecule has 0 aliphatic carbocycles. The lowest BCUT2D eigenvalue weighted by Gasteiger charge is -2.42. The molecule has 1 amide bonds. The molecule has 0 aromatic heterocycles. The van der Waals surface area contributed by atoms with Gasteiger partial charge in [-0.3, -0.25) is 9.69 Å². The second-order valence-corrected chi connectivity index (χ2v) is 7.96. The van der Waals surface area contributed by atoms with Gasteiger partial charge in [0.1, 0.15) is 5.75 Å². The van der Waals surface area contributed by atoms with E-state index in [0.29, 0.717) is 28.9 Å². The van der Waals surface area contributed by atoms with Gasteiger partial charge < -0.3 is 9.64 Å². The lowest BCUT2D eigenvalue weighted by Crippen LogP contribution is -2.47. The molecule has 1 atom stereocenters. The molecule has 2 heterocycles. The second kappa shape index (κ2) is 7.78. The number of anilines is 1. The number of thioether (sulfide) groups is 1. The van der Waals surface area contributed by atoms with Crippen LogP contribution < -0.4 is 9.64 Å². The van der Waals surface area contributed by atoms with Crippen LogP contribution in [0.15, 0.2) is 59.1 Å². The Morgan fingerprint density at radius 2 is 2.07 bits per heavy atom. The lowest BCUT2D eigenvalue weighted by atomic mass is 9.86. The SMILES string of the molecule is COc1ccccc1[C@H]1CC(=O)N2CN(c3cccc(Cl)c3)CSC2=C1C#N. The van der Waals surface area contributed by atoms with E-state index >= 15 is 0 Å². The van der Waals surface area contributed by atoms with Crippen molar-refractivity contribution in [1.29, 1.82) is 5.26 Å². The van der Waals surface area contributed by atoms with E-state index in [1.807, 2.05) is 48.5 Å². The summed E-state index contributed by atoms with van der Waals surface area (Å²) in [6.45, 7) is 0.408. The Bertz CT molecular complexity index is 1000. The van der Waals surface area contributed by atoms with E-state index < -0.39 is 0 Å². The number of nitrogens with zero attached hydrogens (tertiary/aromatic N) is 3. The highest BCUT2D eigenvalue weighted by molar-refractivity contribution is 8.03. The van der Waals surface area contributed by atoms with Gasteiger partial charge in [0, 0.05) is 28.6 Å². The van der Waals surface area contributed by atoms with Gasteiger partial charge in [-0.1, -0.05) is 47.6 Å². The number of para-hydroxylation sites is 1. The molecule has 7 heteroatoms. The highest BCUT2D eigenvalue weighted by atomic mass is 35.5. The molecule has 142 valence electrons. The maximum atomic E-state index is 13.0. The fourth-order valence-electron chi connectivity index (χ4n) is 3.62. The van der Waals surface area contributed by atoms with Crippen LogP contribution in [0.3, 0.4) is 0 Å². The van der Waals surface area contributed by atoms with Crippen molar-refractivity contribution in [3.8, 4) is 11.8 Å². The van der Waals surface area contributed by atoms with Crippen molar-refractivity contribution in [3.63, 3.8) is 0 Å². The monoisotopic (exact) mass is 411 g/mol. The van der Waals surface area contributed by atoms with Crippen molar-refractivity contribution in [2.75, 3.05) is 24.6 Å². The fourth-order valence-corrected chi connectivity index (χ4v) is 4.97. The zero-order valence-corrected chi connectivity index (χ0v) is 16.8. The van der Waals surface area contributed by atoms with E-state index in [4.69, 9.17) is 16.3 Å². The summed E-state index contributed by atoms with van der Waals surface area (Å²) in [7, 11) is 1.60. The number of rotatable bonds is 3. The van der Waals surface area contributed by atoms with E-state index in [-0.39, 0.29) is 18.2 Å². The van der Waals surface area contributed by atoms with Gasteiger partial charge in [-0.05, 0) is 24.3 Å². The van der Waals surface area contributed by atoms with Crippen molar-refractivity contribution in [3.05, 3.63) is 69.7 Å². The number of nitriles is 1. The van der Waals surface area contributed by atoms with Crippen LogP contribution in [-0.2, 0) is 4.79 Å². The summed E-state index contributed by atoms with van der Waals surface area (Å²) < 4.78 is 5.46. The van der Waals surface area contributed by atoms with Crippen molar-refractivity contribution in [2.24, 2.45) is 0 Å². The number of ether oxygens (including phenoxy) is 1. The quantitative estimate of drug-likeness (QED) is 0.740. The Morgan fingerprint density at radius 3 is 2.82 bits per heavy atom. The van der Waals surface area contributed by atoms with Crippen LogP contribution in [0.4, 0.5) is 5.69 Å². The highest BCUT2D eigenvalue weighted by Crippen LogP contribution is 2.45. The second-order valence-electron chi connectivity index (χ2n) is 6.59. The molecule has 0 saturated carbocycles. The van der Waals surface area contributed by atoms with Crippen LogP contribution in [-0.4, -0.2) is 30.5 Å². The molecule has 0 unspecified atom stereocenters. The smallest absolute Gasteiger partial charge is 0.229 e. The number of carbonyl (C=O) groups excluding carboxylic acids is 1. The molecule has 2 aromatic carbocycles. The van der Waals surface area contributed by atoms with Crippen LogP contribution in [0.2, 0.25) is 5.02 Å². The van der Waals surface area contributed by atoms with Crippen LogP contribution >= 0.6 is 23.4 Å². The molecular weight excluding hydrogens is 394 g/mol. The molecule has 0 spiro atoms. The molecular formula is C21H18ClN3O2S. The maximum Gasteiger partial charge on any atom is 0.229 e.